The van der Waals surface area contributed by atoms with Crippen LogP contribution in [0.2, 0.25) is 0 Å². The SMILES string of the molecule is CCCCCC1CCC(C2CCC(CF)CC2)CC1. The zero-order valence-corrected chi connectivity index (χ0v) is 12.9. The van der Waals surface area contributed by atoms with Crippen LogP contribution < -0.4 is 0 Å². The molecule has 0 heterocycles. The van der Waals surface area contributed by atoms with Gasteiger partial charge in [0.2, 0.25) is 0 Å². The molecule has 0 aromatic carbocycles. The van der Waals surface area contributed by atoms with Gasteiger partial charge < -0.3 is 0 Å². The minimum atomic E-state index is -0.0725. The first kappa shape index (κ1) is 15.3. The van der Waals surface area contributed by atoms with Gasteiger partial charge in [0, 0.05) is 0 Å². The molecule has 2 aliphatic carbocycles. The van der Waals surface area contributed by atoms with Crippen LogP contribution in [-0.2, 0) is 0 Å². The van der Waals surface area contributed by atoms with Crippen LogP contribution in [0, 0.1) is 23.7 Å². The Morgan fingerprint density at radius 3 is 1.74 bits per heavy atom. The summed E-state index contributed by atoms with van der Waals surface area (Å²) in [5.74, 6) is 3.37. The molecular weight excluding hydrogens is 235 g/mol. The number of rotatable bonds is 6. The largest absolute Gasteiger partial charge is 0.251 e. The fraction of sp³-hybridized carbons (Fsp3) is 1.00. The molecule has 112 valence electrons. The second kappa shape index (κ2) is 8.27. The summed E-state index contributed by atoms with van der Waals surface area (Å²) in [5.41, 5.74) is 0. The fourth-order valence-electron chi connectivity index (χ4n) is 4.45. The Morgan fingerprint density at radius 2 is 1.26 bits per heavy atom. The lowest BCUT2D eigenvalue weighted by molar-refractivity contribution is 0.134. The molecule has 0 aromatic heterocycles. The Kier molecular flexibility index (Phi) is 6.67. The van der Waals surface area contributed by atoms with Crippen molar-refractivity contribution in [3.05, 3.63) is 0 Å². The van der Waals surface area contributed by atoms with E-state index in [4.69, 9.17) is 0 Å². The standard InChI is InChI=1S/C18H33F/c1-2-3-4-5-15-6-10-17(11-7-15)18-12-8-16(14-19)9-13-18/h15-18H,2-14H2,1H3. The molecule has 2 aliphatic rings. The van der Waals surface area contributed by atoms with Gasteiger partial charge in [0.15, 0.2) is 0 Å². The summed E-state index contributed by atoms with van der Waals surface area (Å²) in [6.07, 6.45) is 16.6. The maximum absolute atomic E-state index is 12.6. The summed E-state index contributed by atoms with van der Waals surface area (Å²) in [5, 5.41) is 0. The first-order chi connectivity index (χ1) is 9.33. The fourth-order valence-corrected chi connectivity index (χ4v) is 4.45. The van der Waals surface area contributed by atoms with Crippen LogP contribution in [0.25, 0.3) is 0 Å². The number of alkyl halides is 1. The van der Waals surface area contributed by atoms with E-state index in [1.54, 1.807) is 0 Å². The van der Waals surface area contributed by atoms with E-state index in [9.17, 15) is 4.39 Å². The summed E-state index contributed by atoms with van der Waals surface area (Å²) in [6, 6.07) is 0. The molecule has 0 radical (unpaired) electrons. The van der Waals surface area contributed by atoms with Gasteiger partial charge >= 0.3 is 0 Å². The first-order valence-corrected chi connectivity index (χ1v) is 8.89. The van der Waals surface area contributed by atoms with Crippen molar-refractivity contribution in [1.82, 2.24) is 0 Å². The lowest BCUT2D eigenvalue weighted by atomic mass is 9.69. The van der Waals surface area contributed by atoms with Crippen LogP contribution in [0.4, 0.5) is 4.39 Å². The molecule has 19 heavy (non-hydrogen) atoms. The molecule has 2 saturated carbocycles. The van der Waals surface area contributed by atoms with Crippen LogP contribution in [0.1, 0.15) is 84.0 Å². The second-order valence-electron chi connectivity index (χ2n) is 7.21. The Bertz CT molecular complexity index is 222. The summed E-state index contributed by atoms with van der Waals surface area (Å²) >= 11 is 0. The molecule has 0 saturated heterocycles. The zero-order chi connectivity index (χ0) is 13.5. The average molecular weight is 268 g/mol. The van der Waals surface area contributed by atoms with Gasteiger partial charge in [-0.25, -0.2) is 0 Å². The lowest BCUT2D eigenvalue weighted by Gasteiger charge is -2.37. The van der Waals surface area contributed by atoms with Crippen LogP contribution in [0.5, 0.6) is 0 Å². The highest BCUT2D eigenvalue weighted by molar-refractivity contribution is 4.81. The van der Waals surface area contributed by atoms with Crippen molar-refractivity contribution < 1.29 is 4.39 Å². The smallest absolute Gasteiger partial charge is 0.0922 e. The number of halogens is 1. The maximum Gasteiger partial charge on any atom is 0.0922 e. The van der Waals surface area contributed by atoms with Crippen molar-refractivity contribution in [1.29, 1.82) is 0 Å². The number of unbranched alkanes of at least 4 members (excludes halogenated alkanes) is 2. The summed E-state index contributed by atoms with van der Waals surface area (Å²) in [6.45, 7) is 2.22. The molecule has 2 rings (SSSR count). The normalized spacial score (nSPS) is 36.3. The quantitative estimate of drug-likeness (QED) is 0.507. The molecule has 0 bridgehead atoms. The average Bonchev–Trinajstić information content (AvgIpc) is 2.48. The summed E-state index contributed by atoms with van der Waals surface area (Å²) < 4.78 is 12.6. The third kappa shape index (κ3) is 4.76. The third-order valence-corrected chi connectivity index (χ3v) is 5.88. The Hall–Kier alpha value is -0.0700. The molecule has 0 unspecified atom stereocenters. The van der Waals surface area contributed by atoms with Gasteiger partial charge in [-0.2, -0.15) is 0 Å². The van der Waals surface area contributed by atoms with Crippen molar-refractivity contribution in [2.75, 3.05) is 6.67 Å². The topological polar surface area (TPSA) is 0 Å². The van der Waals surface area contributed by atoms with Crippen LogP contribution >= 0.6 is 0 Å². The van der Waals surface area contributed by atoms with Crippen molar-refractivity contribution in [2.24, 2.45) is 23.7 Å². The molecule has 2 fully saturated rings. The molecule has 0 nitrogen and oxygen atoms in total. The van der Waals surface area contributed by atoms with Crippen LogP contribution in [0.15, 0.2) is 0 Å². The van der Waals surface area contributed by atoms with E-state index in [-0.39, 0.29) is 6.67 Å². The number of hydrogen-bond acceptors (Lipinski definition) is 0. The Morgan fingerprint density at radius 1 is 0.737 bits per heavy atom. The van der Waals surface area contributed by atoms with Gasteiger partial charge in [0.05, 0.1) is 6.67 Å². The summed E-state index contributed by atoms with van der Waals surface area (Å²) in [7, 11) is 0. The van der Waals surface area contributed by atoms with E-state index < -0.39 is 0 Å². The van der Waals surface area contributed by atoms with Gasteiger partial charge in [-0.05, 0) is 62.2 Å². The highest BCUT2D eigenvalue weighted by Gasteiger charge is 2.30. The monoisotopic (exact) mass is 268 g/mol. The van der Waals surface area contributed by atoms with Crippen molar-refractivity contribution in [2.45, 2.75) is 84.0 Å². The predicted octanol–water partition coefficient (Wildman–Crippen LogP) is 6.15. The molecular formula is C18H33F. The highest BCUT2D eigenvalue weighted by atomic mass is 19.1. The molecule has 0 atom stereocenters. The van der Waals surface area contributed by atoms with E-state index in [0.717, 1.165) is 30.6 Å². The molecule has 0 amide bonds. The van der Waals surface area contributed by atoms with Crippen molar-refractivity contribution in [3.63, 3.8) is 0 Å². The minimum Gasteiger partial charge on any atom is -0.251 e. The van der Waals surface area contributed by atoms with E-state index in [0.29, 0.717) is 5.92 Å². The molecule has 0 spiro atoms. The Labute approximate surface area is 119 Å². The van der Waals surface area contributed by atoms with Crippen LogP contribution in [-0.4, -0.2) is 6.67 Å². The zero-order valence-electron chi connectivity index (χ0n) is 12.9. The van der Waals surface area contributed by atoms with E-state index in [1.165, 1.54) is 64.2 Å². The molecule has 0 N–H and O–H groups in total. The maximum atomic E-state index is 12.6. The lowest BCUT2D eigenvalue weighted by Crippen LogP contribution is -2.26. The molecule has 0 aromatic rings. The van der Waals surface area contributed by atoms with Crippen molar-refractivity contribution >= 4 is 0 Å². The third-order valence-electron chi connectivity index (χ3n) is 5.88. The van der Waals surface area contributed by atoms with Crippen LogP contribution in [0.3, 0.4) is 0 Å². The van der Waals surface area contributed by atoms with Gasteiger partial charge in [0.1, 0.15) is 0 Å². The predicted molar refractivity (Wildman–Crippen MR) is 81.0 cm³/mol. The molecule has 0 aliphatic heterocycles. The highest BCUT2D eigenvalue weighted by Crippen LogP contribution is 2.42. The van der Waals surface area contributed by atoms with Gasteiger partial charge in [-0.1, -0.05) is 45.4 Å². The Balaban J connectivity index is 1.63. The van der Waals surface area contributed by atoms with Gasteiger partial charge in [0.25, 0.3) is 0 Å². The van der Waals surface area contributed by atoms with Gasteiger partial charge in [-0.3, -0.25) is 4.39 Å². The second-order valence-corrected chi connectivity index (χ2v) is 7.21. The van der Waals surface area contributed by atoms with Gasteiger partial charge in [-0.15, -0.1) is 0 Å². The minimum absolute atomic E-state index is 0.0725. The van der Waals surface area contributed by atoms with E-state index in [1.807, 2.05) is 0 Å². The summed E-state index contributed by atoms with van der Waals surface area (Å²) in [4.78, 5) is 0. The first-order valence-electron chi connectivity index (χ1n) is 8.89. The van der Waals surface area contributed by atoms with E-state index in [2.05, 4.69) is 6.92 Å². The molecule has 1 heteroatoms. The van der Waals surface area contributed by atoms with Crippen molar-refractivity contribution in [3.8, 4) is 0 Å². The number of hydrogen-bond donors (Lipinski definition) is 0. The van der Waals surface area contributed by atoms with E-state index >= 15 is 0 Å².